The SMILES string of the molecule is COC1=NC(C(C)C)C(OC)=NC1Cc1ccn(Cc2cc(Cl)cc(Cl)c2)n1. The lowest BCUT2D eigenvalue weighted by Gasteiger charge is -2.26. The molecule has 0 fully saturated rings. The Bertz CT molecular complexity index is 872. The van der Waals surface area contributed by atoms with Crippen LogP contribution in [0, 0.1) is 5.92 Å². The normalized spacial score (nSPS) is 19.4. The summed E-state index contributed by atoms with van der Waals surface area (Å²) in [7, 11) is 3.25. The molecule has 0 saturated heterocycles. The third kappa shape index (κ3) is 4.86. The summed E-state index contributed by atoms with van der Waals surface area (Å²) in [4.78, 5) is 9.42. The van der Waals surface area contributed by atoms with Gasteiger partial charge >= 0.3 is 0 Å². The number of rotatable bonds is 5. The highest BCUT2D eigenvalue weighted by Gasteiger charge is 2.31. The minimum atomic E-state index is -0.251. The summed E-state index contributed by atoms with van der Waals surface area (Å²) in [6, 6.07) is 7.07. The number of aromatic nitrogens is 2. The van der Waals surface area contributed by atoms with Crippen LogP contribution in [-0.2, 0) is 22.4 Å². The Morgan fingerprint density at radius 2 is 1.71 bits per heavy atom. The molecule has 2 unspecified atom stereocenters. The van der Waals surface area contributed by atoms with Gasteiger partial charge in [-0.2, -0.15) is 5.10 Å². The first-order valence-corrected chi connectivity index (χ1v) is 9.86. The van der Waals surface area contributed by atoms with Crippen LogP contribution >= 0.6 is 23.2 Å². The number of aliphatic imine (C=N–C) groups is 2. The van der Waals surface area contributed by atoms with E-state index in [1.165, 1.54) is 0 Å². The topological polar surface area (TPSA) is 61.0 Å². The highest BCUT2D eigenvalue weighted by molar-refractivity contribution is 6.34. The van der Waals surface area contributed by atoms with E-state index in [9.17, 15) is 0 Å². The van der Waals surface area contributed by atoms with E-state index in [1.807, 2.05) is 29.1 Å². The first-order valence-electron chi connectivity index (χ1n) is 9.10. The maximum Gasteiger partial charge on any atom is 0.209 e. The lowest BCUT2D eigenvalue weighted by atomic mass is 10.0. The van der Waals surface area contributed by atoms with Gasteiger partial charge in [0.15, 0.2) is 0 Å². The predicted molar refractivity (Wildman–Crippen MR) is 113 cm³/mol. The van der Waals surface area contributed by atoms with Crippen molar-refractivity contribution < 1.29 is 9.47 Å². The van der Waals surface area contributed by atoms with Crippen LogP contribution in [0.15, 0.2) is 40.4 Å². The number of nitrogens with zero attached hydrogens (tertiary/aromatic N) is 4. The fraction of sp³-hybridized carbons (Fsp3) is 0.450. The smallest absolute Gasteiger partial charge is 0.209 e. The summed E-state index contributed by atoms with van der Waals surface area (Å²) in [5, 5.41) is 5.86. The van der Waals surface area contributed by atoms with Crippen molar-refractivity contribution in [2.24, 2.45) is 15.9 Å². The van der Waals surface area contributed by atoms with Crippen LogP contribution < -0.4 is 0 Å². The number of halogens is 2. The molecule has 28 heavy (non-hydrogen) atoms. The zero-order chi connectivity index (χ0) is 20.3. The number of methoxy groups -OCH3 is 2. The fourth-order valence-corrected chi connectivity index (χ4v) is 3.75. The maximum absolute atomic E-state index is 6.08. The highest BCUT2D eigenvalue weighted by atomic mass is 35.5. The van der Waals surface area contributed by atoms with E-state index in [0.717, 1.165) is 11.3 Å². The van der Waals surface area contributed by atoms with Gasteiger partial charge in [0.2, 0.25) is 11.8 Å². The van der Waals surface area contributed by atoms with E-state index < -0.39 is 0 Å². The maximum atomic E-state index is 6.08. The van der Waals surface area contributed by atoms with Gasteiger partial charge in [-0.1, -0.05) is 37.0 Å². The van der Waals surface area contributed by atoms with Crippen molar-refractivity contribution in [3.05, 3.63) is 51.8 Å². The van der Waals surface area contributed by atoms with E-state index >= 15 is 0 Å². The quantitative estimate of drug-likeness (QED) is 0.722. The average molecular weight is 423 g/mol. The van der Waals surface area contributed by atoms with E-state index in [0.29, 0.717) is 34.8 Å². The molecule has 2 atom stereocenters. The minimum Gasteiger partial charge on any atom is -0.483 e. The zero-order valence-corrected chi connectivity index (χ0v) is 17.9. The molecular weight excluding hydrogens is 399 g/mol. The molecular formula is C20H24Cl2N4O2. The van der Waals surface area contributed by atoms with E-state index in [4.69, 9.17) is 42.7 Å². The Balaban J connectivity index is 1.75. The van der Waals surface area contributed by atoms with Crippen LogP contribution in [0.4, 0.5) is 0 Å². The second kappa shape index (κ2) is 8.97. The molecule has 1 aliphatic heterocycles. The monoisotopic (exact) mass is 422 g/mol. The summed E-state index contributed by atoms with van der Waals surface area (Å²) in [5.41, 5.74) is 1.88. The van der Waals surface area contributed by atoms with Crippen molar-refractivity contribution in [2.75, 3.05) is 14.2 Å². The van der Waals surface area contributed by atoms with Crippen LogP contribution in [0.5, 0.6) is 0 Å². The van der Waals surface area contributed by atoms with Crippen LogP contribution in [-0.4, -0.2) is 47.9 Å². The van der Waals surface area contributed by atoms with Crippen molar-refractivity contribution in [1.82, 2.24) is 9.78 Å². The number of hydrogen-bond acceptors (Lipinski definition) is 5. The summed E-state index contributed by atoms with van der Waals surface area (Å²) in [5.74, 6) is 1.51. The van der Waals surface area contributed by atoms with Crippen LogP contribution in [0.2, 0.25) is 10.0 Å². The highest BCUT2D eigenvalue weighted by Crippen LogP contribution is 2.21. The fourth-order valence-electron chi connectivity index (χ4n) is 3.18. The largest absolute Gasteiger partial charge is 0.483 e. The second-order valence-corrected chi connectivity index (χ2v) is 7.91. The van der Waals surface area contributed by atoms with Gasteiger partial charge in [-0.25, -0.2) is 9.98 Å². The number of hydrogen-bond donors (Lipinski definition) is 0. The van der Waals surface area contributed by atoms with Gasteiger partial charge in [0.1, 0.15) is 12.1 Å². The van der Waals surface area contributed by atoms with E-state index in [2.05, 4.69) is 18.9 Å². The van der Waals surface area contributed by atoms with Crippen LogP contribution in [0.25, 0.3) is 0 Å². The second-order valence-electron chi connectivity index (χ2n) is 7.03. The van der Waals surface area contributed by atoms with Gasteiger partial charge in [-0.05, 0) is 35.7 Å². The van der Waals surface area contributed by atoms with E-state index in [-0.39, 0.29) is 18.0 Å². The summed E-state index contributed by atoms with van der Waals surface area (Å²) >= 11 is 12.2. The van der Waals surface area contributed by atoms with Gasteiger partial charge in [0.25, 0.3) is 0 Å². The lowest BCUT2D eigenvalue weighted by Crippen LogP contribution is -2.38. The Hall–Kier alpha value is -2.05. The lowest BCUT2D eigenvalue weighted by molar-refractivity contribution is 0.332. The third-order valence-electron chi connectivity index (χ3n) is 4.50. The molecule has 8 heteroatoms. The predicted octanol–water partition coefficient (Wildman–Crippen LogP) is 4.28. The van der Waals surface area contributed by atoms with E-state index in [1.54, 1.807) is 20.3 Å². The van der Waals surface area contributed by atoms with Crippen molar-refractivity contribution in [2.45, 2.75) is 38.9 Å². The Morgan fingerprint density at radius 1 is 1.04 bits per heavy atom. The van der Waals surface area contributed by atoms with Crippen molar-refractivity contribution in [1.29, 1.82) is 0 Å². The van der Waals surface area contributed by atoms with Gasteiger partial charge in [0, 0.05) is 22.7 Å². The molecule has 0 bridgehead atoms. The molecule has 3 rings (SSSR count). The Kier molecular flexibility index (Phi) is 6.62. The van der Waals surface area contributed by atoms with Gasteiger partial charge < -0.3 is 9.47 Å². The molecule has 0 aliphatic carbocycles. The molecule has 1 aromatic heterocycles. The minimum absolute atomic E-state index is 0.124. The Morgan fingerprint density at radius 3 is 2.32 bits per heavy atom. The molecule has 0 radical (unpaired) electrons. The first kappa shape index (κ1) is 20.7. The zero-order valence-electron chi connectivity index (χ0n) is 16.4. The molecule has 0 amide bonds. The average Bonchev–Trinajstić information content (AvgIpc) is 3.07. The standard InChI is InChI=1S/C20H24Cl2N4O2/c1-12(2)18-20(28-4)23-17(19(24-18)27-3)10-16-5-6-26(25-16)11-13-7-14(21)9-15(22)8-13/h5-9,12,17-18H,10-11H2,1-4H3. The summed E-state index contributed by atoms with van der Waals surface area (Å²) in [6.07, 6.45) is 2.50. The molecule has 150 valence electrons. The van der Waals surface area contributed by atoms with Gasteiger partial charge in [0.05, 0.1) is 26.5 Å². The molecule has 0 spiro atoms. The summed E-state index contributed by atoms with van der Waals surface area (Å²) < 4.78 is 12.8. The van der Waals surface area contributed by atoms with Crippen molar-refractivity contribution in [3.8, 4) is 0 Å². The number of ether oxygens (including phenoxy) is 2. The molecule has 6 nitrogen and oxygen atoms in total. The molecule has 1 aliphatic rings. The van der Waals surface area contributed by atoms with Gasteiger partial charge in [-0.3, -0.25) is 4.68 Å². The first-order chi connectivity index (χ1) is 13.4. The summed E-state index contributed by atoms with van der Waals surface area (Å²) in [6.45, 7) is 4.75. The number of benzene rings is 1. The molecule has 2 heterocycles. The third-order valence-corrected chi connectivity index (χ3v) is 4.94. The molecule has 1 aromatic carbocycles. The van der Waals surface area contributed by atoms with Crippen LogP contribution in [0.1, 0.15) is 25.1 Å². The molecule has 0 saturated carbocycles. The Labute approximate surface area is 175 Å². The van der Waals surface area contributed by atoms with Crippen molar-refractivity contribution in [3.63, 3.8) is 0 Å². The van der Waals surface area contributed by atoms with Crippen molar-refractivity contribution >= 4 is 35.0 Å². The van der Waals surface area contributed by atoms with Crippen LogP contribution in [0.3, 0.4) is 0 Å². The molecule has 0 N–H and O–H groups in total. The molecule has 2 aromatic rings. The van der Waals surface area contributed by atoms with Gasteiger partial charge in [-0.15, -0.1) is 0 Å².